The second kappa shape index (κ2) is 6.37. The van der Waals surface area contributed by atoms with Gasteiger partial charge in [0.1, 0.15) is 0 Å². The van der Waals surface area contributed by atoms with Crippen LogP contribution in [-0.4, -0.2) is 54.0 Å². The van der Waals surface area contributed by atoms with Crippen molar-refractivity contribution in [2.45, 2.75) is 6.54 Å². The molecule has 0 saturated carbocycles. The summed E-state index contributed by atoms with van der Waals surface area (Å²) in [5.74, 6) is 5.80. The van der Waals surface area contributed by atoms with Crippen molar-refractivity contribution in [2.24, 2.45) is 5.84 Å². The van der Waals surface area contributed by atoms with E-state index in [-0.39, 0.29) is 0 Å². The molecule has 0 unspecified atom stereocenters. The summed E-state index contributed by atoms with van der Waals surface area (Å²) < 4.78 is 0. The number of hydrogen-bond donors (Lipinski definition) is 2. The number of anilines is 1. The van der Waals surface area contributed by atoms with Crippen LogP contribution < -0.4 is 11.3 Å². The second-order valence-corrected chi connectivity index (χ2v) is 4.08. The maximum atomic E-state index is 5.21. The molecule has 0 saturated heterocycles. The summed E-state index contributed by atoms with van der Waals surface area (Å²) in [5.41, 5.74) is 3.40. The first kappa shape index (κ1) is 12.8. The van der Waals surface area contributed by atoms with Gasteiger partial charge < -0.3 is 10.3 Å². The highest BCUT2D eigenvalue weighted by atomic mass is 15.3. The van der Waals surface area contributed by atoms with Crippen molar-refractivity contribution < 1.29 is 0 Å². The average Bonchev–Trinajstić information content (AvgIpc) is 2.27. The predicted molar refractivity (Wildman–Crippen MR) is 64.7 cm³/mol. The molecule has 0 spiro atoms. The lowest BCUT2D eigenvalue weighted by Gasteiger charge is -2.18. The average molecular weight is 224 g/mol. The summed E-state index contributed by atoms with van der Waals surface area (Å²) in [6, 6.07) is 0. The van der Waals surface area contributed by atoms with Gasteiger partial charge in [0.05, 0.1) is 18.1 Å². The summed E-state index contributed by atoms with van der Waals surface area (Å²) in [5, 5.41) is 0. The number of likely N-dealkylation sites (N-methyl/N-ethyl adjacent to an activating group) is 2. The topological polar surface area (TPSA) is 70.3 Å². The zero-order valence-corrected chi connectivity index (χ0v) is 10.1. The molecule has 0 bridgehead atoms. The second-order valence-electron chi connectivity index (χ2n) is 4.08. The van der Waals surface area contributed by atoms with E-state index < -0.39 is 0 Å². The standard InChI is InChI=1S/C10H20N6/c1-15(2)4-5-16(3)8-9-6-13-10(14-11)7-12-9/h6-7H,4-5,8,11H2,1-3H3,(H,13,14). The molecule has 0 atom stereocenters. The zero-order chi connectivity index (χ0) is 12.0. The Morgan fingerprint density at radius 2 is 1.94 bits per heavy atom. The molecule has 0 aliphatic carbocycles. The SMILES string of the molecule is CN(C)CCN(C)Cc1cnc(NN)cn1. The van der Waals surface area contributed by atoms with Crippen LogP contribution in [0.25, 0.3) is 0 Å². The smallest absolute Gasteiger partial charge is 0.158 e. The molecule has 1 rings (SSSR count). The lowest BCUT2D eigenvalue weighted by molar-refractivity contribution is 0.274. The van der Waals surface area contributed by atoms with Gasteiger partial charge in [-0.2, -0.15) is 0 Å². The van der Waals surface area contributed by atoms with Gasteiger partial charge in [-0.15, -0.1) is 0 Å². The van der Waals surface area contributed by atoms with Gasteiger partial charge in [0, 0.05) is 19.6 Å². The molecular weight excluding hydrogens is 204 g/mol. The van der Waals surface area contributed by atoms with Crippen LogP contribution >= 0.6 is 0 Å². The Labute approximate surface area is 96.4 Å². The fourth-order valence-electron chi connectivity index (χ4n) is 1.24. The van der Waals surface area contributed by atoms with Crippen LogP contribution in [0.1, 0.15) is 5.69 Å². The van der Waals surface area contributed by atoms with E-state index in [4.69, 9.17) is 5.84 Å². The Morgan fingerprint density at radius 3 is 2.44 bits per heavy atom. The lowest BCUT2D eigenvalue weighted by Crippen LogP contribution is -2.28. The maximum Gasteiger partial charge on any atom is 0.158 e. The fraction of sp³-hybridized carbons (Fsp3) is 0.600. The van der Waals surface area contributed by atoms with E-state index in [0.717, 1.165) is 25.3 Å². The molecule has 90 valence electrons. The highest BCUT2D eigenvalue weighted by Gasteiger charge is 2.02. The molecule has 3 N–H and O–H groups in total. The first-order valence-electron chi connectivity index (χ1n) is 5.22. The van der Waals surface area contributed by atoms with Gasteiger partial charge in [0.15, 0.2) is 5.82 Å². The van der Waals surface area contributed by atoms with Crippen LogP contribution in [0.4, 0.5) is 5.82 Å². The number of nitrogens with zero attached hydrogens (tertiary/aromatic N) is 4. The zero-order valence-electron chi connectivity index (χ0n) is 10.1. The minimum Gasteiger partial charge on any atom is -0.308 e. The number of aromatic nitrogens is 2. The normalized spacial score (nSPS) is 11.1. The molecule has 6 nitrogen and oxygen atoms in total. The van der Waals surface area contributed by atoms with Crippen LogP contribution in [0.15, 0.2) is 12.4 Å². The van der Waals surface area contributed by atoms with Gasteiger partial charge in [-0.3, -0.25) is 9.88 Å². The van der Waals surface area contributed by atoms with Crippen molar-refractivity contribution in [3.8, 4) is 0 Å². The molecule has 0 amide bonds. The van der Waals surface area contributed by atoms with E-state index >= 15 is 0 Å². The van der Waals surface area contributed by atoms with Gasteiger partial charge in [0.25, 0.3) is 0 Å². The Morgan fingerprint density at radius 1 is 1.19 bits per heavy atom. The van der Waals surface area contributed by atoms with Crippen LogP contribution in [-0.2, 0) is 6.54 Å². The van der Waals surface area contributed by atoms with Crippen molar-refractivity contribution in [3.05, 3.63) is 18.1 Å². The molecule has 0 aliphatic rings. The minimum absolute atomic E-state index is 0.583. The van der Waals surface area contributed by atoms with Crippen molar-refractivity contribution >= 4 is 5.82 Å². The lowest BCUT2D eigenvalue weighted by atomic mass is 10.4. The largest absolute Gasteiger partial charge is 0.308 e. The van der Waals surface area contributed by atoms with Gasteiger partial charge in [-0.1, -0.05) is 0 Å². The van der Waals surface area contributed by atoms with Crippen molar-refractivity contribution in [1.29, 1.82) is 0 Å². The molecular formula is C10H20N6. The van der Waals surface area contributed by atoms with Gasteiger partial charge in [0.2, 0.25) is 0 Å². The van der Waals surface area contributed by atoms with E-state index in [1.165, 1.54) is 0 Å². The summed E-state index contributed by atoms with van der Waals surface area (Å²) in [6.07, 6.45) is 3.37. The third-order valence-corrected chi connectivity index (χ3v) is 2.21. The monoisotopic (exact) mass is 224 g/mol. The van der Waals surface area contributed by atoms with Gasteiger partial charge >= 0.3 is 0 Å². The van der Waals surface area contributed by atoms with Crippen molar-refractivity contribution in [1.82, 2.24) is 19.8 Å². The van der Waals surface area contributed by atoms with E-state index in [1.54, 1.807) is 12.4 Å². The van der Waals surface area contributed by atoms with Crippen LogP contribution in [0.2, 0.25) is 0 Å². The summed E-state index contributed by atoms with van der Waals surface area (Å²) in [7, 11) is 6.20. The van der Waals surface area contributed by atoms with E-state index in [0.29, 0.717) is 5.82 Å². The molecule has 0 radical (unpaired) electrons. The number of nitrogen functional groups attached to an aromatic ring is 1. The molecule has 1 heterocycles. The molecule has 1 aromatic rings. The Hall–Kier alpha value is -1.24. The Balaban J connectivity index is 2.40. The van der Waals surface area contributed by atoms with E-state index in [1.807, 2.05) is 0 Å². The van der Waals surface area contributed by atoms with Crippen molar-refractivity contribution in [2.75, 3.05) is 39.7 Å². The highest BCUT2D eigenvalue weighted by Crippen LogP contribution is 2.01. The van der Waals surface area contributed by atoms with Crippen LogP contribution in [0, 0.1) is 0 Å². The predicted octanol–water partition coefficient (Wildman–Crippen LogP) is -0.244. The minimum atomic E-state index is 0.583. The molecule has 0 aromatic carbocycles. The number of nitrogens with one attached hydrogen (secondary N) is 1. The van der Waals surface area contributed by atoms with Crippen LogP contribution in [0.5, 0.6) is 0 Å². The third-order valence-electron chi connectivity index (χ3n) is 2.21. The molecule has 0 aliphatic heterocycles. The summed E-state index contributed by atoms with van der Waals surface area (Å²) in [4.78, 5) is 12.7. The first-order valence-corrected chi connectivity index (χ1v) is 5.22. The number of hydrazine groups is 1. The highest BCUT2D eigenvalue weighted by molar-refractivity contribution is 5.28. The van der Waals surface area contributed by atoms with Crippen LogP contribution in [0.3, 0.4) is 0 Å². The number of rotatable bonds is 6. The quantitative estimate of drug-likeness (QED) is 0.513. The van der Waals surface area contributed by atoms with Gasteiger partial charge in [-0.05, 0) is 21.1 Å². The van der Waals surface area contributed by atoms with E-state index in [2.05, 4.69) is 46.3 Å². The molecule has 0 fully saturated rings. The Bertz CT molecular complexity index is 297. The fourth-order valence-corrected chi connectivity index (χ4v) is 1.24. The van der Waals surface area contributed by atoms with E-state index in [9.17, 15) is 0 Å². The van der Waals surface area contributed by atoms with Crippen molar-refractivity contribution in [3.63, 3.8) is 0 Å². The number of nitrogens with two attached hydrogens (primary N) is 1. The first-order chi connectivity index (χ1) is 7.61. The maximum absolute atomic E-state index is 5.21. The number of hydrogen-bond acceptors (Lipinski definition) is 6. The van der Waals surface area contributed by atoms with Gasteiger partial charge in [-0.25, -0.2) is 10.8 Å². The summed E-state index contributed by atoms with van der Waals surface area (Å²) in [6.45, 7) is 2.84. The summed E-state index contributed by atoms with van der Waals surface area (Å²) >= 11 is 0. The Kier molecular flexibility index (Phi) is 5.10. The molecule has 1 aromatic heterocycles. The molecule has 6 heteroatoms. The third kappa shape index (κ3) is 4.52. The molecule has 16 heavy (non-hydrogen) atoms.